The number of alkyl halides is 3. The molecule has 158 valence electrons. The Morgan fingerprint density at radius 3 is 2.53 bits per heavy atom. The van der Waals surface area contributed by atoms with Gasteiger partial charge in [-0.15, -0.1) is 13.2 Å². The fourth-order valence-corrected chi connectivity index (χ4v) is 2.80. The summed E-state index contributed by atoms with van der Waals surface area (Å²) in [6.45, 7) is 1.55. The first-order valence-electron chi connectivity index (χ1n) is 8.44. The molecule has 3 aromatic rings. The van der Waals surface area contributed by atoms with Crippen molar-refractivity contribution in [2.75, 3.05) is 5.32 Å². The van der Waals surface area contributed by atoms with Gasteiger partial charge >= 0.3 is 18.1 Å². The Morgan fingerprint density at radius 1 is 1.27 bits per heavy atom. The first-order valence-corrected chi connectivity index (χ1v) is 8.44. The quantitative estimate of drug-likeness (QED) is 0.582. The van der Waals surface area contributed by atoms with Crippen molar-refractivity contribution in [2.24, 2.45) is 5.73 Å². The minimum Gasteiger partial charge on any atom is -0.493 e. The number of ether oxygens (including phenoxy) is 1. The number of urea groups is 1. The predicted octanol–water partition coefficient (Wildman–Crippen LogP) is 2.49. The third kappa shape index (κ3) is 4.54. The van der Waals surface area contributed by atoms with Crippen LogP contribution in [0.4, 0.5) is 23.8 Å². The largest absolute Gasteiger partial charge is 0.573 e. The number of aromatic nitrogens is 3. The molecule has 1 aromatic carbocycles. The van der Waals surface area contributed by atoms with Crippen LogP contribution in [-0.4, -0.2) is 31.6 Å². The topological polar surface area (TPSA) is 124 Å². The van der Waals surface area contributed by atoms with E-state index in [1.165, 1.54) is 35.9 Å². The van der Waals surface area contributed by atoms with Gasteiger partial charge in [0.2, 0.25) is 5.88 Å². The van der Waals surface area contributed by atoms with Gasteiger partial charge in [0.25, 0.3) is 0 Å². The highest BCUT2D eigenvalue weighted by Crippen LogP contribution is 2.26. The van der Waals surface area contributed by atoms with Crippen molar-refractivity contribution in [3.8, 4) is 17.3 Å². The number of hydrogen-bond donors (Lipinski definition) is 3. The van der Waals surface area contributed by atoms with Crippen molar-refractivity contribution in [1.82, 2.24) is 14.1 Å². The summed E-state index contributed by atoms with van der Waals surface area (Å²) in [5.74, 6) is -0.634. The maximum atomic E-state index is 12.8. The highest BCUT2D eigenvalue weighted by molar-refractivity contribution is 5.86. The molecule has 0 atom stereocenters. The maximum Gasteiger partial charge on any atom is 0.573 e. The second-order valence-corrected chi connectivity index (χ2v) is 6.19. The lowest BCUT2D eigenvalue weighted by molar-refractivity contribution is -0.274. The third-order valence-electron chi connectivity index (χ3n) is 4.11. The normalized spacial score (nSPS) is 11.3. The number of rotatable bonds is 5. The van der Waals surface area contributed by atoms with Crippen LogP contribution in [0.25, 0.3) is 5.69 Å². The Bertz CT molecular complexity index is 1140. The average Bonchev–Trinajstić information content (AvgIpc) is 2.85. The number of carbonyl (C=O) groups is 1. The fraction of sp³-hybridized carbons (Fsp3) is 0.167. The number of nitrogens with two attached hydrogens (primary N) is 1. The van der Waals surface area contributed by atoms with Gasteiger partial charge in [-0.1, -0.05) is 0 Å². The van der Waals surface area contributed by atoms with Crippen LogP contribution in [0.3, 0.4) is 0 Å². The number of benzene rings is 1. The van der Waals surface area contributed by atoms with Crippen molar-refractivity contribution in [2.45, 2.75) is 19.8 Å². The van der Waals surface area contributed by atoms with Crippen LogP contribution in [0, 0.1) is 6.92 Å². The van der Waals surface area contributed by atoms with Gasteiger partial charge in [-0.2, -0.15) is 0 Å². The Labute approximate surface area is 167 Å². The van der Waals surface area contributed by atoms with E-state index in [-0.39, 0.29) is 29.6 Å². The SMILES string of the molecule is Cc1c(O)n(-c2ccc(OC(F)(F)F)cc2)c(=O)n1Cc1ccnc(NC(N)=O)c1. The Kier molecular flexibility index (Phi) is 5.41. The van der Waals surface area contributed by atoms with Gasteiger partial charge in [-0.25, -0.2) is 19.1 Å². The molecule has 30 heavy (non-hydrogen) atoms. The number of nitrogens with zero attached hydrogens (tertiary/aromatic N) is 3. The van der Waals surface area contributed by atoms with E-state index in [1.54, 1.807) is 6.07 Å². The molecule has 0 aliphatic heterocycles. The predicted molar refractivity (Wildman–Crippen MR) is 99.7 cm³/mol. The van der Waals surface area contributed by atoms with Gasteiger partial charge in [0, 0.05) is 6.20 Å². The highest BCUT2D eigenvalue weighted by Gasteiger charge is 2.31. The van der Waals surface area contributed by atoms with Crippen molar-refractivity contribution in [3.63, 3.8) is 0 Å². The second kappa shape index (κ2) is 7.81. The standard InChI is InChI=1S/C18H16F3N5O4/c1-10-15(27)26(12-2-4-13(5-3-12)30-18(19,20)21)17(29)25(10)9-11-6-7-23-14(8-11)24-16(22)28/h2-8,27H,9H2,1H3,(H3,22,23,24,28). The zero-order valence-corrected chi connectivity index (χ0v) is 15.5. The van der Waals surface area contributed by atoms with E-state index in [1.807, 2.05) is 0 Å². The monoisotopic (exact) mass is 423 g/mol. The second-order valence-electron chi connectivity index (χ2n) is 6.19. The van der Waals surface area contributed by atoms with E-state index in [2.05, 4.69) is 15.0 Å². The molecule has 2 amide bonds. The maximum absolute atomic E-state index is 12.8. The molecule has 2 aromatic heterocycles. The molecule has 12 heteroatoms. The third-order valence-corrected chi connectivity index (χ3v) is 4.11. The average molecular weight is 423 g/mol. The molecule has 3 rings (SSSR count). The zero-order chi connectivity index (χ0) is 22.1. The van der Waals surface area contributed by atoms with E-state index >= 15 is 0 Å². The number of carbonyl (C=O) groups excluding carboxylic acids is 1. The number of pyridine rings is 1. The minimum absolute atomic E-state index is 0.0382. The zero-order valence-electron chi connectivity index (χ0n) is 15.5. The fourth-order valence-electron chi connectivity index (χ4n) is 2.80. The van der Waals surface area contributed by atoms with Crippen LogP contribution in [0.2, 0.25) is 0 Å². The number of primary amides is 1. The Hall–Kier alpha value is -3.96. The van der Waals surface area contributed by atoms with Gasteiger partial charge in [-0.05, 0) is 48.9 Å². The van der Waals surface area contributed by atoms with Crippen LogP contribution in [0.1, 0.15) is 11.3 Å². The van der Waals surface area contributed by atoms with E-state index in [4.69, 9.17) is 5.73 Å². The molecule has 0 bridgehead atoms. The van der Waals surface area contributed by atoms with Crippen molar-refractivity contribution in [3.05, 3.63) is 64.3 Å². The van der Waals surface area contributed by atoms with Gasteiger partial charge in [0.05, 0.1) is 17.9 Å². The molecule has 0 aliphatic carbocycles. The van der Waals surface area contributed by atoms with Crippen LogP contribution in [-0.2, 0) is 6.54 Å². The van der Waals surface area contributed by atoms with Crippen molar-refractivity contribution < 1.29 is 27.8 Å². The number of hydrogen-bond acceptors (Lipinski definition) is 5. The van der Waals surface area contributed by atoms with Crippen molar-refractivity contribution >= 4 is 11.8 Å². The van der Waals surface area contributed by atoms with E-state index in [9.17, 15) is 27.9 Å². The smallest absolute Gasteiger partial charge is 0.493 e. The minimum atomic E-state index is -4.84. The van der Waals surface area contributed by atoms with Gasteiger partial charge in [-0.3, -0.25) is 9.88 Å². The number of amides is 2. The Balaban J connectivity index is 1.92. The summed E-state index contributed by atoms with van der Waals surface area (Å²) in [7, 11) is 0. The van der Waals surface area contributed by atoms with E-state index in [0.717, 1.165) is 16.7 Å². The van der Waals surface area contributed by atoms with Crippen LogP contribution in [0.5, 0.6) is 11.6 Å². The summed E-state index contributed by atoms with van der Waals surface area (Å²) < 4.78 is 42.9. The lowest BCUT2D eigenvalue weighted by Crippen LogP contribution is -2.24. The molecule has 0 radical (unpaired) electrons. The molecule has 0 saturated heterocycles. The number of halogens is 3. The summed E-state index contributed by atoms with van der Waals surface area (Å²) in [6, 6.07) is 6.82. The molecule has 0 spiro atoms. The molecule has 0 fully saturated rings. The summed E-state index contributed by atoms with van der Waals surface area (Å²) in [4.78, 5) is 27.7. The first kappa shape index (κ1) is 20.8. The molecule has 0 aliphatic rings. The number of nitrogens with one attached hydrogen (secondary N) is 1. The highest BCUT2D eigenvalue weighted by atomic mass is 19.4. The molecule has 0 saturated carbocycles. The molecule has 0 unspecified atom stereocenters. The molecular weight excluding hydrogens is 407 g/mol. The van der Waals surface area contributed by atoms with Gasteiger partial charge in [0.1, 0.15) is 11.6 Å². The molecular formula is C18H16F3N5O4. The summed E-state index contributed by atoms with van der Waals surface area (Å²) in [6.07, 6.45) is -3.43. The lowest BCUT2D eigenvalue weighted by Gasteiger charge is -2.09. The van der Waals surface area contributed by atoms with Gasteiger partial charge < -0.3 is 15.6 Å². The first-order chi connectivity index (χ1) is 14.0. The van der Waals surface area contributed by atoms with Crippen LogP contribution < -0.4 is 21.5 Å². The van der Waals surface area contributed by atoms with Crippen molar-refractivity contribution in [1.29, 1.82) is 0 Å². The summed E-state index contributed by atoms with van der Waals surface area (Å²) in [5.41, 5.74) is 5.41. The molecule has 9 nitrogen and oxygen atoms in total. The van der Waals surface area contributed by atoms with Gasteiger partial charge in [0.15, 0.2) is 0 Å². The lowest BCUT2D eigenvalue weighted by atomic mass is 10.2. The molecule has 2 heterocycles. The van der Waals surface area contributed by atoms with Crippen LogP contribution in [0.15, 0.2) is 47.4 Å². The number of aromatic hydroxyl groups is 1. The summed E-state index contributed by atoms with van der Waals surface area (Å²) >= 11 is 0. The number of imidazole rings is 1. The Morgan fingerprint density at radius 2 is 1.93 bits per heavy atom. The van der Waals surface area contributed by atoms with E-state index in [0.29, 0.717) is 5.56 Å². The molecule has 4 N–H and O–H groups in total. The van der Waals surface area contributed by atoms with Crippen LogP contribution >= 0.6 is 0 Å². The number of anilines is 1. The summed E-state index contributed by atoms with van der Waals surface area (Å²) in [5, 5.41) is 12.7. The van der Waals surface area contributed by atoms with E-state index < -0.39 is 23.8 Å².